The third-order valence-electron chi connectivity index (χ3n) is 1.97. The summed E-state index contributed by atoms with van der Waals surface area (Å²) in [5.74, 6) is 0. The predicted octanol–water partition coefficient (Wildman–Crippen LogP) is 2.12. The van der Waals surface area contributed by atoms with Crippen LogP contribution in [0.2, 0.25) is 0 Å². The van der Waals surface area contributed by atoms with Crippen molar-refractivity contribution < 1.29 is 9.30 Å². The molecule has 0 saturated carbocycles. The molecular formula is C10H12NOS+. The van der Waals surface area contributed by atoms with Crippen LogP contribution in [0, 0.1) is 0 Å². The summed E-state index contributed by atoms with van der Waals surface area (Å²) in [5, 5.41) is 0.976. The Balaban J connectivity index is 2.60. The molecule has 0 N–H and O–H groups in total. The van der Waals surface area contributed by atoms with Gasteiger partial charge in [-0.05, 0) is 24.3 Å². The van der Waals surface area contributed by atoms with E-state index in [-0.39, 0.29) is 0 Å². The van der Waals surface area contributed by atoms with Gasteiger partial charge in [-0.2, -0.15) is 4.57 Å². The van der Waals surface area contributed by atoms with Gasteiger partial charge in [-0.1, -0.05) is 12.1 Å². The molecule has 1 aromatic heterocycles. The molecule has 3 heteroatoms. The molecular weight excluding hydrogens is 182 g/mol. The summed E-state index contributed by atoms with van der Waals surface area (Å²) in [6, 6.07) is 8.32. The van der Waals surface area contributed by atoms with Crippen LogP contribution in [0.1, 0.15) is 6.92 Å². The molecule has 0 aliphatic heterocycles. The number of fused-ring (bicyclic) bond motifs is 1. The smallest absolute Gasteiger partial charge is 0.431 e. The molecule has 13 heavy (non-hydrogen) atoms. The topological polar surface area (TPSA) is 13.1 Å². The zero-order valence-corrected chi connectivity index (χ0v) is 8.60. The number of rotatable bonds is 2. The van der Waals surface area contributed by atoms with Crippen molar-refractivity contribution in [3.05, 3.63) is 24.3 Å². The van der Waals surface area contributed by atoms with Crippen molar-refractivity contribution in [3.63, 3.8) is 0 Å². The third kappa shape index (κ3) is 1.40. The van der Waals surface area contributed by atoms with Gasteiger partial charge in [0.1, 0.15) is 11.7 Å². The van der Waals surface area contributed by atoms with Gasteiger partial charge in [0.15, 0.2) is 0 Å². The Morgan fingerprint density at radius 1 is 1.38 bits per heavy atom. The van der Waals surface area contributed by atoms with E-state index in [1.165, 1.54) is 10.2 Å². The van der Waals surface area contributed by atoms with Crippen LogP contribution in [-0.4, -0.2) is 6.61 Å². The van der Waals surface area contributed by atoms with Gasteiger partial charge in [-0.15, -0.1) is 0 Å². The van der Waals surface area contributed by atoms with Gasteiger partial charge in [0.2, 0.25) is 5.52 Å². The molecule has 68 valence electrons. The molecule has 0 atom stereocenters. The number of aromatic nitrogens is 1. The van der Waals surface area contributed by atoms with Crippen LogP contribution >= 0.6 is 11.3 Å². The number of ether oxygens (including phenoxy) is 1. The van der Waals surface area contributed by atoms with Crippen LogP contribution in [0.25, 0.3) is 10.2 Å². The van der Waals surface area contributed by atoms with Gasteiger partial charge >= 0.3 is 5.19 Å². The number of hydrogen-bond donors (Lipinski definition) is 0. The molecule has 1 aromatic carbocycles. The van der Waals surface area contributed by atoms with Gasteiger partial charge in [-0.25, -0.2) is 0 Å². The number of aryl methyl sites for hydroxylation is 1. The average Bonchev–Trinajstić information content (AvgIpc) is 2.46. The second-order valence-corrected chi connectivity index (χ2v) is 3.82. The normalized spacial score (nSPS) is 10.6. The van der Waals surface area contributed by atoms with Crippen LogP contribution in [0.5, 0.6) is 5.19 Å². The Labute approximate surface area is 81.4 Å². The SMILES string of the molecule is CCOc1sc2ccccc2[n+]1C. The Kier molecular flexibility index (Phi) is 2.19. The Hall–Kier alpha value is -1.09. The van der Waals surface area contributed by atoms with E-state index in [1.54, 1.807) is 11.3 Å². The average molecular weight is 194 g/mol. The van der Waals surface area contributed by atoms with Crippen molar-refractivity contribution in [2.45, 2.75) is 6.92 Å². The first-order valence-electron chi connectivity index (χ1n) is 4.33. The third-order valence-corrected chi connectivity index (χ3v) is 3.10. The molecule has 2 rings (SSSR count). The minimum Gasteiger partial charge on any atom is -0.436 e. The molecule has 0 aliphatic rings. The van der Waals surface area contributed by atoms with Crippen molar-refractivity contribution in [2.75, 3.05) is 6.61 Å². The summed E-state index contributed by atoms with van der Waals surface area (Å²) in [7, 11) is 2.03. The molecule has 0 unspecified atom stereocenters. The number of thiazole rings is 1. The van der Waals surface area contributed by atoms with Crippen molar-refractivity contribution >= 4 is 21.6 Å². The first-order chi connectivity index (χ1) is 6.33. The highest BCUT2D eigenvalue weighted by atomic mass is 32.1. The lowest BCUT2D eigenvalue weighted by molar-refractivity contribution is -0.646. The maximum absolute atomic E-state index is 5.50. The van der Waals surface area contributed by atoms with Crippen molar-refractivity contribution in [1.82, 2.24) is 0 Å². The molecule has 1 heterocycles. The fraction of sp³-hybridized carbons (Fsp3) is 0.300. The molecule has 0 radical (unpaired) electrons. The monoisotopic (exact) mass is 194 g/mol. The Bertz CT molecular complexity index is 422. The first kappa shape index (κ1) is 8.51. The predicted molar refractivity (Wildman–Crippen MR) is 54.2 cm³/mol. The zero-order valence-electron chi connectivity index (χ0n) is 7.78. The molecule has 0 aliphatic carbocycles. The molecule has 0 bridgehead atoms. The lowest BCUT2D eigenvalue weighted by Crippen LogP contribution is -2.28. The van der Waals surface area contributed by atoms with Crippen LogP contribution < -0.4 is 9.30 Å². The van der Waals surface area contributed by atoms with Crippen LogP contribution in [0.4, 0.5) is 0 Å². The highest BCUT2D eigenvalue weighted by Crippen LogP contribution is 2.24. The van der Waals surface area contributed by atoms with Gasteiger partial charge in [-0.3, -0.25) is 0 Å². The summed E-state index contributed by atoms with van der Waals surface area (Å²) >= 11 is 1.69. The van der Waals surface area contributed by atoms with Crippen LogP contribution in [0.3, 0.4) is 0 Å². The van der Waals surface area contributed by atoms with E-state index in [4.69, 9.17) is 4.74 Å². The number of nitrogens with zero attached hydrogens (tertiary/aromatic N) is 1. The molecule has 2 nitrogen and oxygen atoms in total. The van der Waals surface area contributed by atoms with Crippen LogP contribution in [-0.2, 0) is 7.05 Å². The molecule has 0 amide bonds. The second kappa shape index (κ2) is 3.34. The minimum atomic E-state index is 0.723. The molecule has 0 fully saturated rings. The fourth-order valence-electron chi connectivity index (χ4n) is 1.33. The lowest BCUT2D eigenvalue weighted by atomic mass is 10.3. The maximum Gasteiger partial charge on any atom is 0.431 e. The summed E-state index contributed by atoms with van der Waals surface area (Å²) in [4.78, 5) is 0. The Morgan fingerprint density at radius 2 is 2.15 bits per heavy atom. The number of para-hydroxylation sites is 1. The van der Waals surface area contributed by atoms with E-state index >= 15 is 0 Å². The Morgan fingerprint density at radius 3 is 2.85 bits per heavy atom. The van der Waals surface area contributed by atoms with E-state index in [2.05, 4.69) is 22.8 Å². The zero-order chi connectivity index (χ0) is 9.26. The summed E-state index contributed by atoms with van der Waals surface area (Å²) in [6.07, 6.45) is 0. The molecule has 0 saturated heterocycles. The van der Waals surface area contributed by atoms with Gasteiger partial charge in [0.05, 0.1) is 6.61 Å². The van der Waals surface area contributed by atoms with Gasteiger partial charge in [0, 0.05) is 6.07 Å². The van der Waals surface area contributed by atoms with Crippen molar-refractivity contribution in [1.29, 1.82) is 0 Å². The van der Waals surface area contributed by atoms with E-state index in [1.807, 2.05) is 20.0 Å². The highest BCUT2D eigenvalue weighted by molar-refractivity contribution is 7.19. The first-order valence-corrected chi connectivity index (χ1v) is 5.15. The van der Waals surface area contributed by atoms with E-state index in [9.17, 15) is 0 Å². The highest BCUT2D eigenvalue weighted by Gasteiger charge is 2.16. The fourth-order valence-corrected chi connectivity index (χ4v) is 2.39. The van der Waals surface area contributed by atoms with Gasteiger partial charge < -0.3 is 4.74 Å². The molecule has 2 aromatic rings. The van der Waals surface area contributed by atoms with E-state index in [0.717, 1.165) is 11.8 Å². The van der Waals surface area contributed by atoms with E-state index < -0.39 is 0 Å². The quantitative estimate of drug-likeness (QED) is 0.667. The summed E-state index contributed by atoms with van der Waals surface area (Å²) in [5.41, 5.74) is 1.23. The van der Waals surface area contributed by atoms with Crippen molar-refractivity contribution in [3.8, 4) is 5.19 Å². The van der Waals surface area contributed by atoms with Crippen LogP contribution in [0.15, 0.2) is 24.3 Å². The summed E-state index contributed by atoms with van der Waals surface area (Å²) < 4.78 is 8.86. The second-order valence-electron chi connectivity index (χ2n) is 2.83. The standard InChI is InChI=1S/C10H12NOS/c1-3-12-10-11(2)8-6-4-5-7-9(8)13-10/h4-7H,3H2,1-2H3/q+1. The maximum atomic E-state index is 5.50. The number of hydrogen-bond acceptors (Lipinski definition) is 2. The van der Waals surface area contributed by atoms with Gasteiger partial charge in [0.25, 0.3) is 0 Å². The lowest BCUT2D eigenvalue weighted by Gasteiger charge is -1.92. The largest absolute Gasteiger partial charge is 0.436 e. The van der Waals surface area contributed by atoms with E-state index in [0.29, 0.717) is 0 Å². The number of benzene rings is 1. The summed E-state index contributed by atoms with van der Waals surface area (Å²) in [6.45, 7) is 2.73. The molecule has 0 spiro atoms. The van der Waals surface area contributed by atoms with Crippen molar-refractivity contribution in [2.24, 2.45) is 7.05 Å². The minimum absolute atomic E-state index is 0.723.